The summed E-state index contributed by atoms with van der Waals surface area (Å²) in [4.78, 5) is 12.5. The Kier molecular flexibility index (Phi) is 3.84. The molecule has 1 saturated heterocycles. The number of sulfone groups is 1. The Morgan fingerprint density at radius 2 is 1.68 bits per heavy atom. The molecule has 0 amide bonds. The molecule has 1 aromatic rings. The molecular weight excluding hydrogens is 276 g/mol. The number of para-hydroxylation sites is 1. The van der Waals surface area contributed by atoms with Gasteiger partial charge in [0.1, 0.15) is 5.78 Å². The second kappa shape index (κ2) is 5.24. The molecule has 0 aromatic heterocycles. The summed E-state index contributed by atoms with van der Waals surface area (Å²) in [5, 5.41) is 0. The van der Waals surface area contributed by atoms with Crippen LogP contribution in [0.4, 0.5) is 14.5 Å². The Hall–Kier alpha value is -1.50. The van der Waals surface area contributed by atoms with E-state index < -0.39 is 15.6 Å². The van der Waals surface area contributed by atoms with Gasteiger partial charge in [0.15, 0.2) is 0 Å². The van der Waals surface area contributed by atoms with Crippen molar-refractivity contribution < 1.29 is 22.0 Å². The zero-order valence-corrected chi connectivity index (χ0v) is 10.9. The molecule has 0 unspecified atom stereocenters. The number of carbonyl (C=O) groups is 1. The van der Waals surface area contributed by atoms with E-state index in [-0.39, 0.29) is 16.4 Å². The van der Waals surface area contributed by atoms with E-state index in [1.165, 1.54) is 18.2 Å². The smallest absolute Gasteiger partial charge is 0.341 e. The minimum absolute atomic E-state index is 0.102. The molecule has 2 rings (SSSR count). The van der Waals surface area contributed by atoms with Crippen molar-refractivity contribution >= 4 is 21.3 Å². The number of alkyl halides is 2. The zero-order chi connectivity index (χ0) is 14.0. The van der Waals surface area contributed by atoms with Crippen molar-refractivity contribution in [3.05, 3.63) is 24.3 Å². The highest BCUT2D eigenvalue weighted by atomic mass is 32.2. The van der Waals surface area contributed by atoms with Crippen molar-refractivity contribution in [1.29, 1.82) is 0 Å². The third-order valence-corrected chi connectivity index (χ3v) is 4.50. The van der Waals surface area contributed by atoms with Gasteiger partial charge in [-0.25, -0.2) is 8.42 Å². The highest BCUT2D eigenvalue weighted by Crippen LogP contribution is 2.30. The minimum Gasteiger partial charge on any atom is -0.370 e. The summed E-state index contributed by atoms with van der Waals surface area (Å²) >= 11 is 0. The molecule has 1 fully saturated rings. The molecule has 4 nitrogen and oxygen atoms in total. The summed E-state index contributed by atoms with van der Waals surface area (Å²) in [6.45, 7) is 0.712. The fraction of sp³-hybridized carbons (Fsp3) is 0.417. The lowest BCUT2D eigenvalue weighted by Crippen LogP contribution is -2.34. The molecular formula is C12H13F2NO3S. The highest BCUT2D eigenvalue weighted by molar-refractivity contribution is 7.91. The van der Waals surface area contributed by atoms with Gasteiger partial charge in [0.05, 0.1) is 10.6 Å². The molecule has 1 aliphatic heterocycles. The molecule has 0 saturated carbocycles. The van der Waals surface area contributed by atoms with Gasteiger partial charge in [0, 0.05) is 25.9 Å². The predicted octanol–water partition coefficient (Wildman–Crippen LogP) is 1.85. The van der Waals surface area contributed by atoms with Gasteiger partial charge in [-0.05, 0) is 12.1 Å². The molecule has 104 valence electrons. The van der Waals surface area contributed by atoms with E-state index in [2.05, 4.69) is 0 Å². The molecule has 0 radical (unpaired) electrons. The van der Waals surface area contributed by atoms with E-state index in [0.717, 1.165) is 0 Å². The monoisotopic (exact) mass is 289 g/mol. The maximum Gasteiger partial charge on any atom is 0.341 e. The number of anilines is 1. The Labute approximate surface area is 109 Å². The van der Waals surface area contributed by atoms with E-state index in [9.17, 15) is 22.0 Å². The van der Waals surface area contributed by atoms with Crippen LogP contribution in [0, 0.1) is 0 Å². The number of carbonyl (C=O) groups excluding carboxylic acids is 1. The number of benzene rings is 1. The lowest BCUT2D eigenvalue weighted by atomic mass is 10.1. The first kappa shape index (κ1) is 13.9. The van der Waals surface area contributed by atoms with E-state index >= 15 is 0 Å². The molecule has 1 aromatic carbocycles. The van der Waals surface area contributed by atoms with Crippen molar-refractivity contribution in [3.63, 3.8) is 0 Å². The molecule has 1 aliphatic rings. The maximum absolute atomic E-state index is 12.6. The first-order chi connectivity index (χ1) is 8.93. The van der Waals surface area contributed by atoms with Crippen LogP contribution >= 0.6 is 0 Å². The zero-order valence-electron chi connectivity index (χ0n) is 10.1. The Balaban J connectivity index is 2.40. The van der Waals surface area contributed by atoms with Crippen molar-refractivity contribution in [1.82, 2.24) is 0 Å². The summed E-state index contributed by atoms with van der Waals surface area (Å²) in [5.41, 5.74) is 0.246. The second-order valence-corrected chi connectivity index (χ2v) is 6.19. The van der Waals surface area contributed by atoms with Crippen LogP contribution in [0.1, 0.15) is 12.8 Å². The van der Waals surface area contributed by atoms with Gasteiger partial charge >= 0.3 is 5.76 Å². The number of ketones is 1. The van der Waals surface area contributed by atoms with Gasteiger partial charge in [-0.15, -0.1) is 0 Å². The van der Waals surface area contributed by atoms with E-state index in [0.29, 0.717) is 25.9 Å². The van der Waals surface area contributed by atoms with Gasteiger partial charge in [0.2, 0.25) is 9.84 Å². The summed E-state index contributed by atoms with van der Waals surface area (Å²) < 4.78 is 48.5. The molecule has 0 bridgehead atoms. The number of piperidine rings is 1. The van der Waals surface area contributed by atoms with Crippen molar-refractivity contribution in [2.75, 3.05) is 18.0 Å². The summed E-state index contributed by atoms with van der Waals surface area (Å²) in [7, 11) is -4.63. The molecule has 7 heteroatoms. The predicted molar refractivity (Wildman–Crippen MR) is 66.1 cm³/mol. The number of hydrogen-bond acceptors (Lipinski definition) is 4. The molecule has 0 aliphatic carbocycles. The van der Waals surface area contributed by atoms with Crippen LogP contribution in [0.2, 0.25) is 0 Å². The third-order valence-electron chi connectivity index (χ3n) is 3.07. The molecule has 19 heavy (non-hydrogen) atoms. The van der Waals surface area contributed by atoms with Crippen molar-refractivity contribution in [3.8, 4) is 0 Å². The van der Waals surface area contributed by atoms with Gasteiger partial charge in [-0.3, -0.25) is 4.79 Å². The quantitative estimate of drug-likeness (QED) is 0.852. The number of nitrogens with zero attached hydrogens (tertiary/aromatic N) is 1. The van der Waals surface area contributed by atoms with Crippen LogP contribution in [0.15, 0.2) is 29.2 Å². The minimum atomic E-state index is -4.63. The lowest BCUT2D eigenvalue weighted by molar-refractivity contribution is -0.119. The lowest BCUT2D eigenvalue weighted by Gasteiger charge is -2.29. The van der Waals surface area contributed by atoms with E-state index in [4.69, 9.17) is 0 Å². The van der Waals surface area contributed by atoms with Crippen LogP contribution in [-0.4, -0.2) is 33.0 Å². The fourth-order valence-corrected chi connectivity index (χ4v) is 3.00. The Morgan fingerprint density at radius 3 is 2.26 bits per heavy atom. The first-order valence-corrected chi connectivity index (χ1v) is 7.35. The summed E-state index contributed by atoms with van der Waals surface area (Å²) in [6.07, 6.45) is 0.617. The van der Waals surface area contributed by atoms with Crippen LogP contribution in [-0.2, 0) is 14.6 Å². The SMILES string of the molecule is O=C1CCN(c2ccccc2S(=O)(=O)C(F)F)CC1. The average Bonchev–Trinajstić information content (AvgIpc) is 2.39. The van der Waals surface area contributed by atoms with Gasteiger partial charge in [-0.2, -0.15) is 8.78 Å². The van der Waals surface area contributed by atoms with Gasteiger partial charge in [0.25, 0.3) is 0 Å². The normalized spacial score (nSPS) is 17.0. The van der Waals surface area contributed by atoms with Crippen LogP contribution in [0.3, 0.4) is 0 Å². The van der Waals surface area contributed by atoms with E-state index in [1.807, 2.05) is 0 Å². The summed E-state index contributed by atoms with van der Waals surface area (Å²) in [6, 6.07) is 5.67. The fourth-order valence-electron chi connectivity index (χ4n) is 2.05. The number of rotatable bonds is 3. The number of Topliss-reactive ketones (excluding diaryl/α,β-unsaturated/α-hetero) is 1. The molecule has 0 N–H and O–H groups in total. The molecule has 0 atom stereocenters. The third kappa shape index (κ3) is 2.75. The van der Waals surface area contributed by atoms with Crippen molar-refractivity contribution in [2.45, 2.75) is 23.5 Å². The number of halogens is 2. The van der Waals surface area contributed by atoms with E-state index in [1.54, 1.807) is 11.0 Å². The summed E-state index contributed by atoms with van der Waals surface area (Å²) in [5.74, 6) is -3.34. The van der Waals surface area contributed by atoms with Gasteiger partial charge in [-0.1, -0.05) is 12.1 Å². The maximum atomic E-state index is 12.6. The number of hydrogen-bond donors (Lipinski definition) is 0. The van der Waals surface area contributed by atoms with Gasteiger partial charge < -0.3 is 4.90 Å². The topological polar surface area (TPSA) is 54.5 Å². The molecule has 0 spiro atoms. The van der Waals surface area contributed by atoms with Crippen LogP contribution in [0.25, 0.3) is 0 Å². The second-order valence-electron chi connectivity index (χ2n) is 4.30. The standard InChI is InChI=1S/C12H13F2NO3S/c13-12(14)19(17,18)11-4-2-1-3-10(11)15-7-5-9(16)6-8-15/h1-4,12H,5-8H2. The van der Waals surface area contributed by atoms with Crippen molar-refractivity contribution in [2.24, 2.45) is 0 Å². The molecule has 1 heterocycles. The Morgan fingerprint density at radius 1 is 1.11 bits per heavy atom. The average molecular weight is 289 g/mol. The first-order valence-electron chi connectivity index (χ1n) is 5.80. The highest BCUT2D eigenvalue weighted by Gasteiger charge is 2.31. The largest absolute Gasteiger partial charge is 0.370 e. The Bertz CT molecular complexity index is 576. The van der Waals surface area contributed by atoms with Crippen LogP contribution in [0.5, 0.6) is 0 Å². The van der Waals surface area contributed by atoms with Crippen LogP contribution < -0.4 is 4.90 Å².